The maximum absolute atomic E-state index is 7.61. The minimum atomic E-state index is -1.17. The summed E-state index contributed by atoms with van der Waals surface area (Å²) in [6.07, 6.45) is -1.17. The number of aliphatic hydroxyl groups is 2. The molecule has 0 aliphatic heterocycles. The average molecular weight is 720 g/mol. The van der Waals surface area contributed by atoms with Crippen molar-refractivity contribution >= 4 is 52.9 Å². The van der Waals surface area contributed by atoms with Crippen molar-refractivity contribution in [2.45, 2.75) is 13.2 Å². The fourth-order valence-electron chi connectivity index (χ4n) is 3.09. The van der Waals surface area contributed by atoms with E-state index >= 15 is 0 Å². The molecule has 0 bridgehead atoms. The predicted octanol–water partition coefficient (Wildman–Crippen LogP) is 6.46. The van der Waals surface area contributed by atoms with Crippen LogP contribution in [0.15, 0.2) is 121 Å². The molecule has 0 amide bonds. The SMILES string of the molecule is CC(O)O.C[PH+](C)c1ccccc1.C[PH+](C)c1ccccc1.C[PH+](C)c1ccccc1.C[PH+](C)c1ccccc1.[Ru+]. The molecular weight excluding hydrogens is 665 g/mol. The van der Waals surface area contributed by atoms with E-state index in [2.05, 4.69) is 175 Å². The van der Waals surface area contributed by atoms with Crippen LogP contribution < -0.4 is 21.2 Å². The van der Waals surface area contributed by atoms with Gasteiger partial charge in [-0.25, -0.2) is 0 Å². The van der Waals surface area contributed by atoms with Crippen molar-refractivity contribution in [1.82, 2.24) is 0 Å². The average Bonchev–Trinajstić information content (AvgIpc) is 2.95. The third kappa shape index (κ3) is 24.3. The van der Waals surface area contributed by atoms with Crippen molar-refractivity contribution in [1.29, 1.82) is 0 Å². The van der Waals surface area contributed by atoms with Gasteiger partial charge in [0, 0.05) is 31.7 Å². The summed E-state index contributed by atoms with van der Waals surface area (Å²) in [6, 6.07) is 42.7. The Kier molecular flexibility index (Phi) is 27.6. The zero-order valence-electron chi connectivity index (χ0n) is 26.4. The second-order valence-corrected chi connectivity index (χ2v) is 20.4. The molecule has 0 saturated heterocycles. The molecule has 4 aromatic rings. The third-order valence-electron chi connectivity index (χ3n) is 5.40. The van der Waals surface area contributed by atoms with Gasteiger partial charge in [-0.05, 0) is 55.5 Å². The van der Waals surface area contributed by atoms with Crippen LogP contribution >= 0.6 is 31.7 Å². The molecule has 0 saturated carbocycles. The minimum Gasteiger partial charge on any atom is -0.368 e. The van der Waals surface area contributed by atoms with Crippen molar-refractivity contribution in [3.8, 4) is 0 Å². The van der Waals surface area contributed by atoms with Gasteiger partial charge in [-0.2, -0.15) is 0 Å². The Balaban J connectivity index is 0. The van der Waals surface area contributed by atoms with Crippen molar-refractivity contribution in [2.24, 2.45) is 0 Å². The monoisotopic (exact) mass is 720 g/mol. The minimum absolute atomic E-state index is 0. The van der Waals surface area contributed by atoms with Crippen LogP contribution in [0.1, 0.15) is 6.92 Å². The number of benzene rings is 4. The van der Waals surface area contributed by atoms with Crippen LogP contribution in [0.4, 0.5) is 0 Å². The summed E-state index contributed by atoms with van der Waals surface area (Å²) in [6.45, 7) is 19.7. The summed E-state index contributed by atoms with van der Waals surface area (Å²) < 4.78 is 0. The van der Waals surface area contributed by atoms with Gasteiger partial charge in [0.1, 0.15) is 6.29 Å². The van der Waals surface area contributed by atoms with Gasteiger partial charge >= 0.3 is 19.5 Å². The first-order valence-electron chi connectivity index (χ1n) is 13.7. The molecule has 0 aliphatic rings. The number of hydrogen-bond donors (Lipinski definition) is 2. The molecule has 0 aromatic heterocycles. The normalized spacial score (nSPS) is 9.76. The Bertz CT molecular complexity index is 904. The summed E-state index contributed by atoms with van der Waals surface area (Å²) in [5.41, 5.74) is 0. The first-order chi connectivity index (χ1) is 19.0. The Morgan fingerprint density at radius 1 is 0.366 bits per heavy atom. The quantitative estimate of drug-likeness (QED) is 0.145. The fourth-order valence-corrected chi connectivity index (χ4v) is 6.52. The number of aliphatic hydroxyl groups excluding tert-OH is 1. The number of hydrogen-bond acceptors (Lipinski definition) is 2. The van der Waals surface area contributed by atoms with Crippen LogP contribution in [0, 0.1) is 0 Å². The van der Waals surface area contributed by atoms with E-state index in [9.17, 15) is 0 Å². The molecule has 0 unspecified atom stereocenters. The van der Waals surface area contributed by atoms with Gasteiger partial charge in [-0.3, -0.25) is 0 Å². The topological polar surface area (TPSA) is 40.5 Å². The largest absolute Gasteiger partial charge is 1.00 e. The van der Waals surface area contributed by atoms with Gasteiger partial charge in [0.25, 0.3) is 0 Å². The molecule has 0 heterocycles. The van der Waals surface area contributed by atoms with E-state index in [1.54, 1.807) is 0 Å². The van der Waals surface area contributed by atoms with Gasteiger partial charge in [0.05, 0.1) is 74.5 Å². The summed E-state index contributed by atoms with van der Waals surface area (Å²) in [7, 11) is -0.849. The number of rotatable bonds is 4. The second kappa shape index (κ2) is 26.7. The molecule has 2 N–H and O–H groups in total. The van der Waals surface area contributed by atoms with Gasteiger partial charge < -0.3 is 10.2 Å². The van der Waals surface area contributed by atoms with E-state index in [4.69, 9.17) is 10.2 Å². The van der Waals surface area contributed by atoms with Gasteiger partial charge in [0.2, 0.25) is 0 Å². The van der Waals surface area contributed by atoms with E-state index in [1.807, 2.05) is 0 Å². The zero-order chi connectivity index (χ0) is 30.3. The van der Waals surface area contributed by atoms with Crippen molar-refractivity contribution in [3.63, 3.8) is 0 Å². The molecule has 4 aromatic carbocycles. The van der Waals surface area contributed by atoms with E-state index < -0.39 is 6.29 Å². The van der Waals surface area contributed by atoms with Gasteiger partial charge in [-0.1, -0.05) is 72.8 Å². The molecule has 0 fully saturated rings. The van der Waals surface area contributed by atoms with Gasteiger partial charge in [-0.15, -0.1) is 0 Å². The standard InChI is InChI=1S/4C8H11P.C2H6O2.Ru/c4*1-9(2)8-6-4-3-5-7-8;1-2(3)4;/h4*3-7H,1-2H3;2-4H,1H3;/q;;;;;+1/p+4. The summed E-state index contributed by atoms with van der Waals surface area (Å²) in [4.78, 5) is 0. The van der Waals surface area contributed by atoms with Crippen LogP contribution in [-0.2, 0) is 19.5 Å². The second-order valence-electron chi connectivity index (χ2n) is 10.1. The van der Waals surface area contributed by atoms with E-state index in [1.165, 1.54) is 28.1 Å². The first kappa shape index (κ1) is 42.3. The maximum Gasteiger partial charge on any atom is 1.00 e. The molecule has 41 heavy (non-hydrogen) atoms. The molecule has 0 spiro atoms. The Morgan fingerprint density at radius 2 is 0.488 bits per heavy atom. The molecule has 225 valence electrons. The summed E-state index contributed by atoms with van der Waals surface area (Å²) in [5, 5.41) is 21.3. The maximum atomic E-state index is 7.61. The fraction of sp³-hybridized carbons (Fsp3) is 0.294. The molecule has 2 nitrogen and oxygen atoms in total. The Labute approximate surface area is 269 Å². The summed E-state index contributed by atoms with van der Waals surface area (Å²) >= 11 is 0. The predicted molar refractivity (Wildman–Crippen MR) is 199 cm³/mol. The van der Waals surface area contributed by atoms with E-state index in [-0.39, 0.29) is 51.2 Å². The Hall–Kier alpha value is -0.857. The van der Waals surface area contributed by atoms with Crippen molar-refractivity contribution < 1.29 is 29.7 Å². The first-order valence-corrected chi connectivity index (χ1v) is 23.7. The molecule has 1 radical (unpaired) electrons. The molecule has 0 atom stereocenters. The van der Waals surface area contributed by atoms with Crippen LogP contribution in [0.25, 0.3) is 0 Å². The molecule has 4 rings (SSSR count). The van der Waals surface area contributed by atoms with Crippen molar-refractivity contribution in [2.75, 3.05) is 53.3 Å². The molecular formula is C34H54O2P4Ru+5. The van der Waals surface area contributed by atoms with Crippen LogP contribution in [0.3, 0.4) is 0 Å². The van der Waals surface area contributed by atoms with Crippen molar-refractivity contribution in [3.05, 3.63) is 121 Å². The Morgan fingerprint density at radius 3 is 0.561 bits per heavy atom. The van der Waals surface area contributed by atoms with Gasteiger partial charge in [0.15, 0.2) is 0 Å². The molecule has 7 heteroatoms. The van der Waals surface area contributed by atoms with Crippen LogP contribution in [-0.4, -0.2) is 69.8 Å². The van der Waals surface area contributed by atoms with Crippen LogP contribution in [0.2, 0.25) is 0 Å². The zero-order valence-corrected chi connectivity index (χ0v) is 32.1. The summed E-state index contributed by atoms with van der Waals surface area (Å²) in [5.74, 6) is 0. The third-order valence-corrected chi connectivity index (χ3v) is 11.4. The molecule has 0 aliphatic carbocycles. The smallest absolute Gasteiger partial charge is 0.368 e. The van der Waals surface area contributed by atoms with E-state index in [0.29, 0.717) is 0 Å². The van der Waals surface area contributed by atoms with Crippen LogP contribution in [0.5, 0.6) is 0 Å². The van der Waals surface area contributed by atoms with E-state index in [0.717, 1.165) is 0 Å².